The first-order valence-electron chi connectivity index (χ1n) is 10.7. The van der Waals surface area contributed by atoms with Crippen molar-refractivity contribution in [1.29, 1.82) is 10.5 Å². The minimum Gasteiger partial charge on any atom is -0.338 e. The van der Waals surface area contributed by atoms with Crippen molar-refractivity contribution in [1.82, 2.24) is 19.9 Å². The molecule has 0 saturated carbocycles. The maximum Gasteiger partial charge on any atom is 0.138 e. The molecule has 2 N–H and O–H groups in total. The minimum absolute atomic E-state index is 0.623. The molecule has 0 aliphatic heterocycles. The van der Waals surface area contributed by atoms with E-state index in [4.69, 9.17) is 20.5 Å². The number of nitrogens with zero attached hydrogens (tertiary/aromatic N) is 4. The highest BCUT2D eigenvalue weighted by Crippen LogP contribution is 2.29. The van der Waals surface area contributed by atoms with Crippen LogP contribution in [0.25, 0.3) is 56.0 Å². The van der Waals surface area contributed by atoms with Gasteiger partial charge in [-0.05, 0) is 83.9 Å². The fourth-order valence-electron chi connectivity index (χ4n) is 4.05. The van der Waals surface area contributed by atoms with Crippen molar-refractivity contribution in [2.24, 2.45) is 0 Å². The number of rotatable bonds is 3. The van der Waals surface area contributed by atoms with Crippen LogP contribution < -0.4 is 0 Å². The average molecular weight is 436 g/mol. The first kappa shape index (κ1) is 19.5. The molecule has 0 radical (unpaired) electrons. The van der Waals surface area contributed by atoms with Gasteiger partial charge in [-0.1, -0.05) is 12.1 Å². The van der Waals surface area contributed by atoms with Crippen molar-refractivity contribution in [3.05, 3.63) is 96.1 Å². The Balaban J connectivity index is 1.35. The van der Waals surface area contributed by atoms with Gasteiger partial charge >= 0.3 is 0 Å². The van der Waals surface area contributed by atoms with Gasteiger partial charge in [-0.3, -0.25) is 0 Å². The van der Waals surface area contributed by atoms with E-state index in [-0.39, 0.29) is 0 Å². The number of benzene rings is 4. The summed E-state index contributed by atoms with van der Waals surface area (Å²) in [4.78, 5) is 16.2. The third-order valence-corrected chi connectivity index (χ3v) is 5.87. The topological polar surface area (TPSA) is 105 Å². The Morgan fingerprint density at radius 3 is 1.26 bits per heavy atom. The zero-order valence-electron chi connectivity index (χ0n) is 17.9. The zero-order chi connectivity index (χ0) is 23.1. The van der Waals surface area contributed by atoms with Crippen LogP contribution in [0.2, 0.25) is 0 Å². The Kier molecular flexibility index (Phi) is 4.43. The van der Waals surface area contributed by atoms with Gasteiger partial charge in [0.2, 0.25) is 0 Å². The van der Waals surface area contributed by atoms with Crippen molar-refractivity contribution >= 4 is 22.1 Å². The molecule has 6 aromatic rings. The van der Waals surface area contributed by atoms with Gasteiger partial charge in [-0.15, -0.1) is 0 Å². The highest BCUT2D eigenvalue weighted by Gasteiger charge is 2.10. The molecule has 0 fully saturated rings. The lowest BCUT2D eigenvalue weighted by molar-refractivity contribution is 1.33. The molecule has 2 heterocycles. The number of hydrogen-bond acceptors (Lipinski definition) is 4. The Hall–Kier alpha value is -5.20. The molecule has 0 spiro atoms. The summed E-state index contributed by atoms with van der Waals surface area (Å²) >= 11 is 0. The molecule has 0 aliphatic carbocycles. The molecule has 2 aromatic heterocycles. The number of imidazole rings is 2. The van der Waals surface area contributed by atoms with E-state index in [0.717, 1.165) is 56.0 Å². The SMILES string of the molecule is N#Cc1ccc(-c2nc3cc(-c4ccc5[nH]c(-c6ccc(C#N)cc6)nc5c4)ccc3[nH]2)cc1. The third kappa shape index (κ3) is 3.37. The minimum atomic E-state index is 0.623. The largest absolute Gasteiger partial charge is 0.338 e. The number of H-pyrrole nitrogens is 2. The normalized spacial score (nSPS) is 10.9. The molecule has 6 nitrogen and oxygen atoms in total. The van der Waals surface area contributed by atoms with Crippen molar-refractivity contribution in [2.45, 2.75) is 0 Å². The summed E-state index contributed by atoms with van der Waals surface area (Å²) < 4.78 is 0. The third-order valence-electron chi connectivity index (χ3n) is 5.87. The van der Waals surface area contributed by atoms with E-state index in [1.54, 1.807) is 24.3 Å². The Labute approximate surface area is 194 Å². The van der Waals surface area contributed by atoms with E-state index in [2.05, 4.69) is 46.4 Å². The first-order valence-corrected chi connectivity index (χ1v) is 10.7. The molecule has 34 heavy (non-hydrogen) atoms. The van der Waals surface area contributed by atoms with Gasteiger partial charge in [0, 0.05) is 11.1 Å². The van der Waals surface area contributed by atoms with Crippen LogP contribution in [0.4, 0.5) is 0 Å². The van der Waals surface area contributed by atoms with E-state index >= 15 is 0 Å². The zero-order valence-corrected chi connectivity index (χ0v) is 17.9. The summed E-state index contributed by atoms with van der Waals surface area (Å²) in [7, 11) is 0. The molecule has 6 heteroatoms. The summed E-state index contributed by atoms with van der Waals surface area (Å²) in [5.74, 6) is 1.54. The van der Waals surface area contributed by atoms with Gasteiger partial charge in [0.15, 0.2) is 0 Å². The van der Waals surface area contributed by atoms with Crippen molar-refractivity contribution < 1.29 is 0 Å². The molecule has 158 valence electrons. The maximum absolute atomic E-state index is 9.01. The monoisotopic (exact) mass is 436 g/mol. The molecule has 0 aliphatic rings. The molecular formula is C28H16N6. The van der Waals surface area contributed by atoms with Crippen LogP contribution in [-0.2, 0) is 0 Å². The fraction of sp³-hybridized carbons (Fsp3) is 0. The standard InChI is InChI=1S/C28H16N6/c29-15-17-1-5-19(6-2-17)27-31-23-11-9-21(13-25(23)33-27)22-10-12-24-26(14-22)34-28(32-24)20-7-3-18(16-30)4-8-20/h1-14H,(H,31,33)(H,32,34). The molecule has 6 rings (SSSR count). The summed E-state index contributed by atoms with van der Waals surface area (Å²) in [5, 5.41) is 18.0. The van der Waals surface area contributed by atoms with Gasteiger partial charge in [0.25, 0.3) is 0 Å². The van der Waals surface area contributed by atoms with Crippen LogP contribution in [0.3, 0.4) is 0 Å². The van der Waals surface area contributed by atoms with Crippen molar-refractivity contribution in [3.63, 3.8) is 0 Å². The smallest absolute Gasteiger partial charge is 0.138 e. The van der Waals surface area contributed by atoms with E-state index in [9.17, 15) is 0 Å². The second kappa shape index (κ2) is 7.74. The number of aromatic amines is 2. The van der Waals surface area contributed by atoms with Gasteiger partial charge in [-0.2, -0.15) is 10.5 Å². The van der Waals surface area contributed by atoms with E-state index in [1.165, 1.54) is 0 Å². The van der Waals surface area contributed by atoms with E-state index < -0.39 is 0 Å². The highest BCUT2D eigenvalue weighted by molar-refractivity contribution is 5.88. The summed E-state index contributed by atoms with van der Waals surface area (Å²) in [6, 6.07) is 31.3. The Morgan fingerprint density at radius 2 is 0.882 bits per heavy atom. The first-order chi connectivity index (χ1) is 16.7. The van der Waals surface area contributed by atoms with Gasteiger partial charge < -0.3 is 9.97 Å². The molecule has 0 amide bonds. The number of hydrogen-bond donors (Lipinski definition) is 2. The van der Waals surface area contributed by atoms with Gasteiger partial charge in [0.1, 0.15) is 11.6 Å². The molecule has 0 bridgehead atoms. The summed E-state index contributed by atoms with van der Waals surface area (Å²) in [5.41, 5.74) is 8.87. The Bertz CT molecular complexity index is 1620. The number of fused-ring (bicyclic) bond motifs is 2. The second-order valence-electron chi connectivity index (χ2n) is 8.01. The predicted octanol–water partition coefficient (Wildman–Crippen LogP) is 6.18. The second-order valence-corrected chi connectivity index (χ2v) is 8.01. The lowest BCUT2D eigenvalue weighted by atomic mass is 10.0. The van der Waals surface area contributed by atoms with Crippen LogP contribution >= 0.6 is 0 Å². The molecule has 0 saturated heterocycles. The predicted molar refractivity (Wildman–Crippen MR) is 131 cm³/mol. The molecule has 0 atom stereocenters. The van der Waals surface area contributed by atoms with Gasteiger partial charge in [-0.25, -0.2) is 9.97 Å². The number of aromatic nitrogens is 4. The quantitative estimate of drug-likeness (QED) is 0.345. The number of nitriles is 2. The molecule has 4 aromatic carbocycles. The highest BCUT2D eigenvalue weighted by atomic mass is 14.9. The van der Waals surface area contributed by atoms with Crippen LogP contribution in [0.15, 0.2) is 84.9 Å². The maximum atomic E-state index is 9.01. The summed E-state index contributed by atoms with van der Waals surface area (Å²) in [6.45, 7) is 0. The van der Waals surface area contributed by atoms with Crippen LogP contribution in [0, 0.1) is 22.7 Å². The molecule has 0 unspecified atom stereocenters. The fourth-order valence-corrected chi connectivity index (χ4v) is 4.05. The molecular weight excluding hydrogens is 420 g/mol. The van der Waals surface area contributed by atoms with Crippen LogP contribution in [-0.4, -0.2) is 19.9 Å². The average Bonchev–Trinajstić information content (AvgIpc) is 3.52. The lowest BCUT2D eigenvalue weighted by Crippen LogP contribution is -1.81. The van der Waals surface area contributed by atoms with Gasteiger partial charge in [0.05, 0.1) is 45.3 Å². The van der Waals surface area contributed by atoms with Crippen LogP contribution in [0.5, 0.6) is 0 Å². The Morgan fingerprint density at radius 1 is 0.500 bits per heavy atom. The van der Waals surface area contributed by atoms with Crippen molar-refractivity contribution in [3.8, 4) is 46.0 Å². The number of nitrogens with one attached hydrogen (secondary N) is 2. The summed E-state index contributed by atoms with van der Waals surface area (Å²) in [6.07, 6.45) is 0. The lowest BCUT2D eigenvalue weighted by Gasteiger charge is -2.01. The van der Waals surface area contributed by atoms with Crippen LogP contribution in [0.1, 0.15) is 11.1 Å². The van der Waals surface area contributed by atoms with Crippen molar-refractivity contribution in [2.75, 3.05) is 0 Å². The van der Waals surface area contributed by atoms with E-state index in [0.29, 0.717) is 11.1 Å². The van der Waals surface area contributed by atoms with E-state index in [1.807, 2.05) is 36.4 Å².